The number of aromatic nitrogens is 1. The molecule has 0 aromatic carbocycles. The number of hydrogen-bond donors (Lipinski definition) is 2. The van der Waals surface area contributed by atoms with Gasteiger partial charge >= 0.3 is 0 Å². The zero-order valence-electron chi connectivity index (χ0n) is 12.5. The third-order valence-corrected chi connectivity index (χ3v) is 4.37. The Morgan fingerprint density at radius 1 is 1.35 bits per heavy atom. The molecule has 1 aromatic heterocycles. The van der Waals surface area contributed by atoms with Crippen molar-refractivity contribution in [1.82, 2.24) is 15.2 Å². The maximum atomic E-state index is 11.5. The van der Waals surface area contributed by atoms with Gasteiger partial charge in [0, 0.05) is 18.7 Å². The molecule has 0 aliphatic carbocycles. The Labute approximate surface area is 121 Å². The quantitative estimate of drug-likeness (QED) is 0.683. The van der Waals surface area contributed by atoms with E-state index in [-0.39, 0.29) is 11.8 Å². The number of hydrogen-bond acceptors (Lipinski definition) is 5. The average Bonchev–Trinajstić information content (AvgIpc) is 2.82. The van der Waals surface area contributed by atoms with Crippen molar-refractivity contribution in [2.45, 2.75) is 52.6 Å². The van der Waals surface area contributed by atoms with Crippen LogP contribution in [0.1, 0.15) is 45.1 Å². The summed E-state index contributed by atoms with van der Waals surface area (Å²) in [6.45, 7) is 6.79. The fourth-order valence-corrected chi connectivity index (χ4v) is 2.94. The van der Waals surface area contributed by atoms with Gasteiger partial charge in [-0.05, 0) is 19.8 Å². The Hall–Kier alpha value is -0.920. The highest BCUT2D eigenvalue weighted by Gasteiger charge is 2.11. The molecule has 0 radical (unpaired) electrons. The maximum Gasteiger partial charge on any atom is 0.211 e. The van der Waals surface area contributed by atoms with Crippen LogP contribution in [0, 0.1) is 0 Å². The second-order valence-corrected chi connectivity index (χ2v) is 6.91. The second-order valence-electron chi connectivity index (χ2n) is 4.98. The highest BCUT2D eigenvalue weighted by Crippen LogP contribution is 2.05. The van der Waals surface area contributed by atoms with E-state index < -0.39 is 10.0 Å². The molecule has 0 amide bonds. The highest BCUT2D eigenvalue weighted by atomic mass is 32.2. The molecule has 0 fully saturated rings. The van der Waals surface area contributed by atoms with Crippen LogP contribution in [0.25, 0.3) is 0 Å². The molecule has 6 nitrogen and oxygen atoms in total. The number of sulfonamides is 1. The van der Waals surface area contributed by atoms with Gasteiger partial charge in [0.25, 0.3) is 0 Å². The van der Waals surface area contributed by atoms with Crippen LogP contribution in [0.15, 0.2) is 10.6 Å². The molecule has 116 valence electrons. The molecule has 0 bridgehead atoms. The van der Waals surface area contributed by atoms with Gasteiger partial charge in [0.1, 0.15) is 0 Å². The van der Waals surface area contributed by atoms with E-state index in [0.29, 0.717) is 19.5 Å². The summed E-state index contributed by atoms with van der Waals surface area (Å²) >= 11 is 0. The third-order valence-electron chi connectivity index (χ3n) is 2.82. The summed E-state index contributed by atoms with van der Waals surface area (Å²) in [5.41, 5.74) is 0.959. The minimum Gasteiger partial charge on any atom is -0.360 e. The van der Waals surface area contributed by atoms with Gasteiger partial charge in [0.2, 0.25) is 10.0 Å². The molecule has 1 aromatic rings. The van der Waals surface area contributed by atoms with Crippen molar-refractivity contribution in [3.05, 3.63) is 17.5 Å². The van der Waals surface area contributed by atoms with Crippen LogP contribution in [-0.4, -0.2) is 31.9 Å². The normalized spacial score (nSPS) is 13.6. The first-order chi connectivity index (χ1) is 9.46. The molecule has 1 atom stereocenters. The van der Waals surface area contributed by atoms with Gasteiger partial charge in [0.05, 0.1) is 18.0 Å². The number of aryl methyl sites for hydroxylation is 1. The van der Waals surface area contributed by atoms with Gasteiger partial charge < -0.3 is 9.84 Å². The summed E-state index contributed by atoms with van der Waals surface area (Å²) < 4.78 is 30.8. The minimum absolute atomic E-state index is 0.0290. The van der Waals surface area contributed by atoms with Crippen molar-refractivity contribution in [2.24, 2.45) is 0 Å². The van der Waals surface area contributed by atoms with E-state index in [1.165, 1.54) is 0 Å². The van der Waals surface area contributed by atoms with Crippen molar-refractivity contribution in [3.63, 3.8) is 0 Å². The molecule has 0 saturated carbocycles. The van der Waals surface area contributed by atoms with Gasteiger partial charge in [-0.25, -0.2) is 13.1 Å². The lowest BCUT2D eigenvalue weighted by Gasteiger charge is -2.13. The van der Waals surface area contributed by atoms with E-state index in [9.17, 15) is 8.42 Å². The lowest BCUT2D eigenvalue weighted by molar-refractivity contribution is 0.360. The molecule has 0 spiro atoms. The number of rotatable bonds is 10. The Morgan fingerprint density at radius 3 is 2.75 bits per heavy atom. The predicted molar refractivity (Wildman–Crippen MR) is 78.9 cm³/mol. The standard InChI is InChI=1S/C13H25N3O3S/c1-4-6-12-8-13(19-16-12)10-14-11(3)9-15-20(17,18)7-5-2/h8,11,14-15H,4-7,9-10H2,1-3H3. The van der Waals surface area contributed by atoms with Crippen LogP contribution in [0.5, 0.6) is 0 Å². The van der Waals surface area contributed by atoms with Crippen LogP contribution in [0.4, 0.5) is 0 Å². The molecule has 1 heterocycles. The van der Waals surface area contributed by atoms with Crippen molar-refractivity contribution < 1.29 is 12.9 Å². The monoisotopic (exact) mass is 303 g/mol. The first-order valence-electron chi connectivity index (χ1n) is 7.12. The first-order valence-corrected chi connectivity index (χ1v) is 8.77. The highest BCUT2D eigenvalue weighted by molar-refractivity contribution is 7.89. The topological polar surface area (TPSA) is 84.2 Å². The molecule has 0 aliphatic heterocycles. The smallest absolute Gasteiger partial charge is 0.211 e. The number of nitrogens with one attached hydrogen (secondary N) is 2. The lowest BCUT2D eigenvalue weighted by atomic mass is 10.2. The SMILES string of the molecule is CCCc1cc(CNC(C)CNS(=O)(=O)CCC)on1. The van der Waals surface area contributed by atoms with Crippen LogP contribution in [0.3, 0.4) is 0 Å². The van der Waals surface area contributed by atoms with Gasteiger partial charge in [-0.15, -0.1) is 0 Å². The zero-order valence-corrected chi connectivity index (χ0v) is 13.3. The second kappa shape index (κ2) is 8.39. The van der Waals surface area contributed by atoms with Crippen molar-refractivity contribution >= 4 is 10.0 Å². The predicted octanol–water partition coefficient (Wildman–Crippen LogP) is 1.43. The Bertz CT molecular complexity index is 485. The van der Waals surface area contributed by atoms with Crippen LogP contribution < -0.4 is 10.0 Å². The summed E-state index contributed by atoms with van der Waals surface area (Å²) in [6.07, 6.45) is 2.57. The summed E-state index contributed by atoms with van der Waals surface area (Å²) in [5.74, 6) is 0.944. The van der Waals surface area contributed by atoms with Crippen molar-refractivity contribution in [2.75, 3.05) is 12.3 Å². The van der Waals surface area contributed by atoms with Crippen molar-refractivity contribution in [3.8, 4) is 0 Å². The van der Waals surface area contributed by atoms with Crippen LogP contribution >= 0.6 is 0 Å². The number of nitrogens with zero attached hydrogens (tertiary/aromatic N) is 1. The van der Waals surface area contributed by atoms with Gasteiger partial charge in [-0.1, -0.05) is 25.4 Å². The molecule has 7 heteroatoms. The molecule has 0 saturated heterocycles. The molecule has 1 unspecified atom stereocenters. The Morgan fingerprint density at radius 2 is 2.10 bits per heavy atom. The van der Waals surface area contributed by atoms with Crippen molar-refractivity contribution in [1.29, 1.82) is 0 Å². The van der Waals surface area contributed by atoms with E-state index >= 15 is 0 Å². The van der Waals surface area contributed by atoms with E-state index in [1.54, 1.807) is 0 Å². The molecular weight excluding hydrogens is 278 g/mol. The summed E-state index contributed by atoms with van der Waals surface area (Å²) in [7, 11) is -3.14. The summed E-state index contributed by atoms with van der Waals surface area (Å²) in [4.78, 5) is 0. The summed E-state index contributed by atoms with van der Waals surface area (Å²) in [6, 6.07) is 1.96. The van der Waals surface area contributed by atoms with E-state index in [0.717, 1.165) is 24.3 Å². The lowest BCUT2D eigenvalue weighted by Crippen LogP contribution is -2.39. The molecule has 20 heavy (non-hydrogen) atoms. The molecular formula is C13H25N3O3S. The molecule has 1 rings (SSSR count). The molecule has 2 N–H and O–H groups in total. The van der Waals surface area contributed by atoms with E-state index in [1.807, 2.05) is 19.9 Å². The maximum absolute atomic E-state index is 11.5. The van der Waals surface area contributed by atoms with E-state index in [2.05, 4.69) is 22.1 Å². The summed E-state index contributed by atoms with van der Waals surface area (Å²) in [5, 5.41) is 7.18. The third kappa shape index (κ3) is 6.49. The Kier molecular flexibility index (Phi) is 7.18. The minimum atomic E-state index is -3.14. The van der Waals surface area contributed by atoms with Crippen LogP contribution in [0.2, 0.25) is 0 Å². The molecule has 0 aliphatic rings. The fourth-order valence-electron chi connectivity index (χ4n) is 1.75. The fraction of sp³-hybridized carbons (Fsp3) is 0.769. The zero-order chi connectivity index (χ0) is 15.0. The van der Waals surface area contributed by atoms with Gasteiger partial charge in [-0.3, -0.25) is 0 Å². The van der Waals surface area contributed by atoms with Crippen LogP contribution in [-0.2, 0) is 23.0 Å². The van der Waals surface area contributed by atoms with E-state index in [4.69, 9.17) is 4.52 Å². The average molecular weight is 303 g/mol. The first kappa shape index (κ1) is 17.1. The Balaban J connectivity index is 2.30. The van der Waals surface area contributed by atoms with Gasteiger partial charge in [0.15, 0.2) is 5.76 Å². The largest absolute Gasteiger partial charge is 0.360 e. The van der Waals surface area contributed by atoms with Gasteiger partial charge in [-0.2, -0.15) is 0 Å².